The Morgan fingerprint density at radius 2 is 1.71 bits per heavy atom. The van der Waals surface area contributed by atoms with Gasteiger partial charge in [-0.1, -0.05) is 12.1 Å². The van der Waals surface area contributed by atoms with E-state index in [4.69, 9.17) is 4.74 Å². The van der Waals surface area contributed by atoms with Crippen molar-refractivity contribution in [3.8, 4) is 5.75 Å². The number of aliphatic hydroxyl groups is 1. The highest BCUT2D eigenvalue weighted by Gasteiger charge is 2.54. The van der Waals surface area contributed by atoms with Crippen LogP contribution in [0.25, 0.3) is 0 Å². The number of ether oxygens (including phenoxy) is 1. The molecule has 190 valence electrons. The van der Waals surface area contributed by atoms with E-state index in [1.807, 2.05) is 45.0 Å². The lowest BCUT2D eigenvalue weighted by Crippen LogP contribution is -2.62. The Morgan fingerprint density at radius 1 is 1.11 bits per heavy atom. The first-order chi connectivity index (χ1) is 16.6. The SMILES string of the molecule is COc1ccc(C(C)(C(=O)NC(C)C)C2(O)CCN(CCCC(=O)c3ccc(F)cc3)CC2)cc1. The van der Waals surface area contributed by atoms with Gasteiger partial charge in [0, 0.05) is 31.1 Å². The molecule has 1 aliphatic heterocycles. The van der Waals surface area contributed by atoms with Gasteiger partial charge in [0.1, 0.15) is 11.6 Å². The highest BCUT2D eigenvalue weighted by atomic mass is 19.1. The fourth-order valence-electron chi connectivity index (χ4n) is 4.83. The lowest BCUT2D eigenvalue weighted by molar-refractivity contribution is -0.144. The second kappa shape index (κ2) is 11.3. The van der Waals surface area contributed by atoms with E-state index in [0.29, 0.717) is 50.1 Å². The molecule has 0 bridgehead atoms. The van der Waals surface area contributed by atoms with Gasteiger partial charge in [0.05, 0.1) is 18.1 Å². The second-order valence-electron chi connectivity index (χ2n) is 9.89. The number of amides is 1. The number of carbonyl (C=O) groups is 2. The smallest absolute Gasteiger partial charge is 0.233 e. The number of nitrogens with one attached hydrogen (secondary N) is 1. The van der Waals surface area contributed by atoms with Gasteiger partial charge >= 0.3 is 0 Å². The van der Waals surface area contributed by atoms with E-state index in [1.165, 1.54) is 24.3 Å². The number of piperidine rings is 1. The zero-order valence-corrected chi connectivity index (χ0v) is 21.1. The van der Waals surface area contributed by atoms with E-state index in [1.54, 1.807) is 7.11 Å². The van der Waals surface area contributed by atoms with Crippen LogP contribution in [0.2, 0.25) is 0 Å². The van der Waals surface area contributed by atoms with Crippen LogP contribution in [-0.4, -0.2) is 60.1 Å². The average molecular weight is 485 g/mol. The lowest BCUT2D eigenvalue weighted by atomic mass is 9.63. The Bertz CT molecular complexity index is 999. The van der Waals surface area contributed by atoms with Gasteiger partial charge in [-0.3, -0.25) is 9.59 Å². The number of Topliss-reactive ketones (excluding diaryl/α,β-unsaturated/α-hetero) is 1. The molecular weight excluding hydrogens is 447 g/mol. The molecule has 1 unspecified atom stereocenters. The van der Waals surface area contributed by atoms with Crippen LogP contribution in [0.1, 0.15) is 62.4 Å². The molecule has 0 spiro atoms. The van der Waals surface area contributed by atoms with Gasteiger partial charge < -0.3 is 20.1 Å². The van der Waals surface area contributed by atoms with Crippen LogP contribution in [0.15, 0.2) is 48.5 Å². The predicted molar refractivity (Wildman–Crippen MR) is 134 cm³/mol. The van der Waals surface area contributed by atoms with Crippen molar-refractivity contribution in [2.24, 2.45) is 0 Å². The number of carbonyl (C=O) groups excluding carboxylic acids is 2. The van der Waals surface area contributed by atoms with E-state index in [9.17, 15) is 19.1 Å². The molecule has 0 radical (unpaired) electrons. The van der Waals surface area contributed by atoms with Crippen LogP contribution >= 0.6 is 0 Å². The summed E-state index contributed by atoms with van der Waals surface area (Å²) in [6, 6.07) is 12.9. The summed E-state index contributed by atoms with van der Waals surface area (Å²) in [6.07, 6.45) is 1.94. The molecule has 2 N–H and O–H groups in total. The first kappa shape index (κ1) is 26.8. The average Bonchev–Trinajstić information content (AvgIpc) is 2.84. The summed E-state index contributed by atoms with van der Waals surface area (Å²) in [4.78, 5) is 28.0. The van der Waals surface area contributed by atoms with Crippen molar-refractivity contribution >= 4 is 11.7 Å². The molecule has 0 aliphatic carbocycles. The van der Waals surface area contributed by atoms with Gasteiger partial charge in [0.15, 0.2) is 5.78 Å². The highest BCUT2D eigenvalue weighted by molar-refractivity contribution is 5.96. The fraction of sp³-hybridized carbons (Fsp3) is 0.500. The molecular formula is C28H37FN2O4. The third kappa shape index (κ3) is 6.08. The van der Waals surface area contributed by atoms with Crippen LogP contribution in [0, 0.1) is 5.82 Å². The van der Waals surface area contributed by atoms with Gasteiger partial charge in [-0.25, -0.2) is 4.39 Å². The van der Waals surface area contributed by atoms with E-state index in [0.717, 1.165) is 12.1 Å². The largest absolute Gasteiger partial charge is 0.497 e. The second-order valence-corrected chi connectivity index (χ2v) is 9.89. The zero-order chi connectivity index (χ0) is 25.6. The van der Waals surface area contributed by atoms with Gasteiger partial charge in [-0.05, 0) is 88.5 Å². The maximum atomic E-state index is 13.4. The molecule has 0 saturated carbocycles. The number of hydrogen-bond acceptors (Lipinski definition) is 5. The third-order valence-electron chi connectivity index (χ3n) is 7.20. The number of hydrogen-bond donors (Lipinski definition) is 2. The Balaban J connectivity index is 1.65. The maximum Gasteiger partial charge on any atom is 0.233 e. The number of likely N-dealkylation sites (tertiary alicyclic amines) is 1. The minimum atomic E-state index is -1.22. The molecule has 1 heterocycles. The van der Waals surface area contributed by atoms with E-state index >= 15 is 0 Å². The van der Waals surface area contributed by atoms with Crippen LogP contribution in [-0.2, 0) is 10.2 Å². The summed E-state index contributed by atoms with van der Waals surface area (Å²) >= 11 is 0. The molecule has 0 aromatic heterocycles. The van der Waals surface area contributed by atoms with Crippen molar-refractivity contribution in [1.29, 1.82) is 0 Å². The normalized spacial score (nSPS) is 17.6. The molecule has 1 aliphatic rings. The molecule has 3 rings (SSSR count). The fourth-order valence-corrected chi connectivity index (χ4v) is 4.83. The third-order valence-corrected chi connectivity index (χ3v) is 7.20. The number of rotatable bonds is 10. The quantitative estimate of drug-likeness (QED) is 0.497. The van der Waals surface area contributed by atoms with E-state index in [-0.39, 0.29) is 23.5 Å². The van der Waals surface area contributed by atoms with Gasteiger partial charge in [-0.15, -0.1) is 0 Å². The Hall–Kier alpha value is -2.77. The van der Waals surface area contributed by atoms with Gasteiger partial charge in [0.2, 0.25) is 5.91 Å². The molecule has 1 fully saturated rings. The Labute approximate surface area is 207 Å². The van der Waals surface area contributed by atoms with Crippen molar-refractivity contribution in [2.75, 3.05) is 26.7 Å². The minimum absolute atomic E-state index is 0.00375. The van der Waals surface area contributed by atoms with Gasteiger partial charge in [-0.2, -0.15) is 0 Å². The molecule has 7 heteroatoms. The van der Waals surface area contributed by atoms with E-state index in [2.05, 4.69) is 10.2 Å². The minimum Gasteiger partial charge on any atom is -0.497 e. The van der Waals surface area contributed by atoms with Crippen LogP contribution < -0.4 is 10.1 Å². The number of nitrogens with zero attached hydrogens (tertiary/aromatic N) is 1. The van der Waals surface area contributed by atoms with Crippen molar-refractivity contribution in [1.82, 2.24) is 10.2 Å². The summed E-state index contributed by atoms with van der Waals surface area (Å²) in [5.41, 5.74) is -1.09. The first-order valence-corrected chi connectivity index (χ1v) is 12.3. The molecule has 2 aromatic rings. The first-order valence-electron chi connectivity index (χ1n) is 12.3. The van der Waals surface area contributed by atoms with Crippen LogP contribution in [0.5, 0.6) is 5.75 Å². The topological polar surface area (TPSA) is 78.9 Å². The molecule has 1 atom stereocenters. The molecule has 2 aromatic carbocycles. The van der Waals surface area contributed by atoms with Crippen LogP contribution in [0.3, 0.4) is 0 Å². The van der Waals surface area contributed by atoms with Gasteiger partial charge in [0.25, 0.3) is 0 Å². The lowest BCUT2D eigenvalue weighted by Gasteiger charge is -2.49. The predicted octanol–water partition coefficient (Wildman–Crippen LogP) is 4.11. The summed E-state index contributed by atoms with van der Waals surface area (Å²) in [6.45, 7) is 7.62. The maximum absolute atomic E-state index is 13.4. The van der Waals surface area contributed by atoms with Crippen LogP contribution in [0.4, 0.5) is 4.39 Å². The van der Waals surface area contributed by atoms with Crippen molar-refractivity contribution in [3.63, 3.8) is 0 Å². The highest BCUT2D eigenvalue weighted by Crippen LogP contribution is 2.43. The summed E-state index contributed by atoms with van der Waals surface area (Å²) in [7, 11) is 1.59. The van der Waals surface area contributed by atoms with E-state index < -0.39 is 11.0 Å². The Morgan fingerprint density at radius 3 is 2.26 bits per heavy atom. The number of halogens is 1. The van der Waals surface area contributed by atoms with Crippen molar-refractivity contribution in [2.45, 2.75) is 63.5 Å². The summed E-state index contributed by atoms with van der Waals surface area (Å²) in [5, 5.41) is 14.9. The zero-order valence-electron chi connectivity index (χ0n) is 21.1. The Kier molecular flexibility index (Phi) is 8.67. The molecule has 35 heavy (non-hydrogen) atoms. The number of methoxy groups -OCH3 is 1. The summed E-state index contributed by atoms with van der Waals surface area (Å²) < 4.78 is 18.3. The summed E-state index contributed by atoms with van der Waals surface area (Å²) in [5.74, 6) is 0.137. The molecule has 6 nitrogen and oxygen atoms in total. The molecule has 1 saturated heterocycles. The number of ketones is 1. The van der Waals surface area contributed by atoms with Crippen molar-refractivity contribution in [3.05, 3.63) is 65.5 Å². The monoisotopic (exact) mass is 484 g/mol. The standard InChI is InChI=1S/C28H37FN2O4/c1-20(2)30-26(33)27(3,22-9-13-24(35-4)14-10-22)28(34)15-18-31(19-16-28)17-5-6-25(32)21-7-11-23(29)12-8-21/h7-14,20,34H,5-6,15-19H2,1-4H3,(H,30,33). The number of benzene rings is 2. The molecule has 1 amide bonds. The van der Waals surface area contributed by atoms with Crippen molar-refractivity contribution < 1.29 is 23.8 Å².